The summed E-state index contributed by atoms with van der Waals surface area (Å²) >= 11 is 3.40. The van der Waals surface area contributed by atoms with E-state index < -0.39 is 0 Å². The first-order valence-corrected chi connectivity index (χ1v) is 4.85. The summed E-state index contributed by atoms with van der Waals surface area (Å²) in [4.78, 5) is 2.28. The summed E-state index contributed by atoms with van der Waals surface area (Å²) in [5.74, 6) is 0. The van der Waals surface area contributed by atoms with Crippen LogP contribution in [0.15, 0.2) is 12.7 Å². The first-order chi connectivity index (χ1) is 5.35. The van der Waals surface area contributed by atoms with E-state index in [9.17, 15) is 0 Å². The van der Waals surface area contributed by atoms with E-state index in [1.165, 1.54) is 0 Å². The van der Waals surface area contributed by atoms with Crippen LogP contribution in [0.3, 0.4) is 0 Å². The molecule has 2 nitrogen and oxygen atoms in total. The fourth-order valence-electron chi connectivity index (χ4n) is 0.817. The average molecular weight is 222 g/mol. The van der Waals surface area contributed by atoms with Gasteiger partial charge in [0.2, 0.25) is 0 Å². The Morgan fingerprint density at radius 3 is 2.73 bits per heavy atom. The maximum Gasteiger partial charge on any atom is 0.0589 e. The van der Waals surface area contributed by atoms with Crippen molar-refractivity contribution in [2.24, 2.45) is 0 Å². The zero-order valence-electron chi connectivity index (χ0n) is 7.05. The van der Waals surface area contributed by atoms with Gasteiger partial charge in [-0.05, 0) is 0 Å². The normalized spacial score (nSPS) is 10.5. The van der Waals surface area contributed by atoms with Crippen molar-refractivity contribution in [3.63, 3.8) is 0 Å². The van der Waals surface area contributed by atoms with E-state index >= 15 is 0 Å². The Labute approximate surface area is 77.3 Å². The molecule has 0 saturated heterocycles. The molecule has 0 saturated carbocycles. The van der Waals surface area contributed by atoms with E-state index in [-0.39, 0.29) is 0 Å². The number of hydrogen-bond donors (Lipinski definition) is 0. The zero-order chi connectivity index (χ0) is 8.53. The fraction of sp³-hybridized carbons (Fsp3) is 0.750. The van der Waals surface area contributed by atoms with Crippen molar-refractivity contribution >= 4 is 15.9 Å². The maximum atomic E-state index is 4.97. The van der Waals surface area contributed by atoms with Crippen LogP contribution in [0.25, 0.3) is 0 Å². The van der Waals surface area contributed by atoms with Crippen molar-refractivity contribution in [3.05, 3.63) is 12.7 Å². The number of halogens is 1. The summed E-state index contributed by atoms with van der Waals surface area (Å²) in [5.41, 5.74) is 0. The minimum Gasteiger partial charge on any atom is -0.383 e. The molecule has 0 rings (SSSR count). The highest BCUT2D eigenvalue weighted by Gasteiger charge is 1.99. The lowest BCUT2D eigenvalue weighted by molar-refractivity contribution is 0.158. The molecule has 0 atom stereocenters. The van der Waals surface area contributed by atoms with Crippen molar-refractivity contribution in [2.75, 3.05) is 38.7 Å². The van der Waals surface area contributed by atoms with Crippen molar-refractivity contribution in [3.8, 4) is 0 Å². The van der Waals surface area contributed by atoms with Gasteiger partial charge in [0, 0.05) is 32.1 Å². The fourth-order valence-corrected chi connectivity index (χ4v) is 1.32. The van der Waals surface area contributed by atoms with Crippen LogP contribution in [0, 0.1) is 0 Å². The molecule has 0 radical (unpaired) electrons. The van der Waals surface area contributed by atoms with Gasteiger partial charge >= 0.3 is 0 Å². The third-order valence-electron chi connectivity index (χ3n) is 1.40. The molecule has 0 spiro atoms. The molecule has 0 aromatic rings. The van der Waals surface area contributed by atoms with E-state index in [4.69, 9.17) is 4.74 Å². The largest absolute Gasteiger partial charge is 0.383 e. The van der Waals surface area contributed by atoms with Crippen LogP contribution < -0.4 is 0 Å². The van der Waals surface area contributed by atoms with Crippen LogP contribution >= 0.6 is 15.9 Å². The van der Waals surface area contributed by atoms with Crippen LogP contribution in [0.1, 0.15) is 0 Å². The molecule has 11 heavy (non-hydrogen) atoms. The quantitative estimate of drug-likeness (QED) is 0.478. The molecular formula is C8H16BrNO. The Morgan fingerprint density at radius 1 is 1.55 bits per heavy atom. The molecule has 0 amide bonds. The first kappa shape index (κ1) is 11.1. The van der Waals surface area contributed by atoms with Crippen LogP contribution in [0.5, 0.6) is 0 Å². The van der Waals surface area contributed by atoms with Gasteiger partial charge in [-0.1, -0.05) is 22.0 Å². The molecule has 0 fully saturated rings. The monoisotopic (exact) mass is 221 g/mol. The van der Waals surface area contributed by atoms with Crippen molar-refractivity contribution in [1.29, 1.82) is 0 Å². The first-order valence-electron chi connectivity index (χ1n) is 3.73. The Hall–Kier alpha value is 0.140. The lowest BCUT2D eigenvalue weighted by atomic mass is 10.4. The van der Waals surface area contributed by atoms with Crippen LogP contribution in [-0.4, -0.2) is 43.6 Å². The summed E-state index contributed by atoms with van der Waals surface area (Å²) in [6, 6.07) is 0. The van der Waals surface area contributed by atoms with E-state index in [2.05, 4.69) is 27.4 Å². The molecule has 66 valence electrons. The van der Waals surface area contributed by atoms with Gasteiger partial charge in [-0.3, -0.25) is 4.90 Å². The molecule has 0 aromatic carbocycles. The summed E-state index contributed by atoms with van der Waals surface area (Å²) < 4.78 is 4.97. The second-order valence-corrected chi connectivity index (χ2v) is 3.06. The molecular weight excluding hydrogens is 206 g/mol. The molecule has 0 aliphatic rings. The smallest absolute Gasteiger partial charge is 0.0589 e. The molecule has 0 heterocycles. The van der Waals surface area contributed by atoms with Gasteiger partial charge in [0.1, 0.15) is 0 Å². The molecule has 0 unspecified atom stereocenters. The minimum absolute atomic E-state index is 0.792. The van der Waals surface area contributed by atoms with Gasteiger partial charge in [-0.25, -0.2) is 0 Å². The Morgan fingerprint density at radius 2 is 2.27 bits per heavy atom. The van der Waals surface area contributed by atoms with Crippen LogP contribution in [0.4, 0.5) is 0 Å². The number of ether oxygens (including phenoxy) is 1. The van der Waals surface area contributed by atoms with Gasteiger partial charge < -0.3 is 4.74 Å². The van der Waals surface area contributed by atoms with Crippen molar-refractivity contribution < 1.29 is 4.74 Å². The predicted octanol–water partition coefficient (Wildman–Crippen LogP) is 1.52. The zero-order valence-corrected chi connectivity index (χ0v) is 8.64. The van der Waals surface area contributed by atoms with E-state index in [1.54, 1.807) is 7.11 Å². The standard InChI is InChI=1S/C8H16BrNO/c1-3-5-10(6-4-9)7-8-11-2/h3H,1,4-8H2,2H3. The minimum atomic E-state index is 0.792. The Bertz CT molecular complexity index is 98.1. The molecule has 0 aliphatic carbocycles. The SMILES string of the molecule is C=CCN(CCBr)CCOC. The third-order valence-corrected chi connectivity index (χ3v) is 1.75. The lowest BCUT2D eigenvalue weighted by Gasteiger charge is -2.18. The van der Waals surface area contributed by atoms with Gasteiger partial charge in [0.05, 0.1) is 6.61 Å². The van der Waals surface area contributed by atoms with E-state index in [0.717, 1.165) is 31.6 Å². The van der Waals surface area contributed by atoms with Crippen molar-refractivity contribution in [1.82, 2.24) is 4.90 Å². The second-order valence-electron chi connectivity index (χ2n) is 2.27. The lowest BCUT2D eigenvalue weighted by Crippen LogP contribution is -2.29. The van der Waals surface area contributed by atoms with E-state index in [1.807, 2.05) is 6.08 Å². The van der Waals surface area contributed by atoms with Gasteiger partial charge in [0.15, 0.2) is 0 Å². The molecule has 0 aromatic heterocycles. The summed E-state index contributed by atoms with van der Waals surface area (Å²) in [7, 11) is 1.72. The second kappa shape index (κ2) is 8.24. The van der Waals surface area contributed by atoms with Gasteiger partial charge in [-0.2, -0.15) is 0 Å². The maximum absolute atomic E-state index is 4.97. The molecule has 0 bridgehead atoms. The van der Waals surface area contributed by atoms with Crippen molar-refractivity contribution in [2.45, 2.75) is 0 Å². The molecule has 3 heteroatoms. The molecule has 0 N–H and O–H groups in total. The average Bonchev–Trinajstić information content (AvgIpc) is 2.01. The van der Waals surface area contributed by atoms with Crippen LogP contribution in [-0.2, 0) is 4.74 Å². The summed E-state index contributed by atoms with van der Waals surface area (Å²) in [6.07, 6.45) is 1.92. The Balaban J connectivity index is 3.41. The topological polar surface area (TPSA) is 12.5 Å². The number of hydrogen-bond acceptors (Lipinski definition) is 2. The highest BCUT2D eigenvalue weighted by molar-refractivity contribution is 9.09. The number of methoxy groups -OCH3 is 1. The van der Waals surface area contributed by atoms with E-state index in [0.29, 0.717) is 0 Å². The predicted molar refractivity (Wildman–Crippen MR) is 52.3 cm³/mol. The highest BCUT2D eigenvalue weighted by atomic mass is 79.9. The molecule has 0 aliphatic heterocycles. The third kappa shape index (κ3) is 6.53. The van der Waals surface area contributed by atoms with Gasteiger partial charge in [0.25, 0.3) is 0 Å². The number of alkyl halides is 1. The number of nitrogens with zero attached hydrogens (tertiary/aromatic N) is 1. The summed E-state index contributed by atoms with van der Waals surface area (Å²) in [5, 5.41) is 1.00. The summed E-state index contributed by atoms with van der Waals surface area (Å²) in [6.45, 7) is 7.46. The number of rotatable bonds is 7. The van der Waals surface area contributed by atoms with Gasteiger partial charge in [-0.15, -0.1) is 6.58 Å². The Kier molecular flexibility index (Phi) is 8.34. The van der Waals surface area contributed by atoms with Crippen LogP contribution in [0.2, 0.25) is 0 Å². The highest BCUT2D eigenvalue weighted by Crippen LogP contribution is 1.91.